The molecule has 8 heteroatoms. The van der Waals surface area contributed by atoms with Crippen molar-refractivity contribution in [2.75, 3.05) is 29.9 Å². The van der Waals surface area contributed by atoms with E-state index in [1.807, 2.05) is 17.9 Å². The van der Waals surface area contributed by atoms with Crippen LogP contribution in [-0.4, -0.2) is 46.1 Å². The Morgan fingerprint density at radius 1 is 1.32 bits per heavy atom. The Morgan fingerprint density at radius 2 is 2.03 bits per heavy atom. The van der Waals surface area contributed by atoms with E-state index >= 15 is 4.39 Å². The van der Waals surface area contributed by atoms with Crippen molar-refractivity contribution in [3.05, 3.63) is 51.1 Å². The van der Waals surface area contributed by atoms with Crippen molar-refractivity contribution < 1.29 is 14.3 Å². The highest BCUT2D eigenvalue weighted by Gasteiger charge is 2.44. The number of aromatic nitrogens is 2. The van der Waals surface area contributed by atoms with Crippen LogP contribution in [0.5, 0.6) is 0 Å². The quantitative estimate of drug-likeness (QED) is 0.596. The number of carbonyl (C=O) groups is 1. The fourth-order valence-corrected chi connectivity index (χ4v) is 5.68. The molecule has 0 radical (unpaired) electrons. The number of anilines is 2. The van der Waals surface area contributed by atoms with Crippen LogP contribution in [-0.2, 0) is 16.6 Å². The monoisotopic (exact) mass is 470 g/mol. The van der Waals surface area contributed by atoms with Gasteiger partial charge in [-0.15, -0.1) is 0 Å². The molecule has 2 aliphatic rings. The molecule has 184 valence electrons. The molecule has 1 aromatic heterocycles. The minimum Gasteiger partial charge on any atom is -0.390 e. The summed E-state index contributed by atoms with van der Waals surface area (Å²) in [6.45, 7) is 8.70. The molecule has 7 nitrogen and oxygen atoms in total. The van der Waals surface area contributed by atoms with Crippen LogP contribution in [0.25, 0.3) is 0 Å². The number of rotatable bonds is 6. The Bertz CT molecular complexity index is 1130. The number of fused-ring (bicyclic) bond motifs is 1. The Balaban J connectivity index is 1.66. The fraction of sp³-hybridized carbons (Fsp3) is 0.577. The van der Waals surface area contributed by atoms with Crippen LogP contribution in [0, 0.1) is 5.82 Å². The number of hydrogen-bond acceptors (Lipinski definition) is 6. The number of aromatic amines is 1. The summed E-state index contributed by atoms with van der Waals surface area (Å²) < 4.78 is 15.4. The third-order valence-corrected chi connectivity index (χ3v) is 7.35. The lowest BCUT2D eigenvalue weighted by Gasteiger charge is -2.42. The van der Waals surface area contributed by atoms with Gasteiger partial charge < -0.3 is 15.3 Å². The van der Waals surface area contributed by atoms with Gasteiger partial charge in [-0.1, -0.05) is 19.1 Å². The number of aliphatic hydroxyl groups is 1. The molecule has 0 saturated carbocycles. The second-order valence-electron chi connectivity index (χ2n) is 10.5. The summed E-state index contributed by atoms with van der Waals surface area (Å²) in [5, 5.41) is 13.6. The molecule has 0 spiro atoms. The third-order valence-electron chi connectivity index (χ3n) is 7.35. The maximum atomic E-state index is 15.4. The second-order valence-corrected chi connectivity index (χ2v) is 10.5. The highest BCUT2D eigenvalue weighted by Crippen LogP contribution is 2.43. The average Bonchev–Trinajstić information content (AvgIpc) is 2.77. The molecule has 1 saturated heterocycles. The summed E-state index contributed by atoms with van der Waals surface area (Å²) in [5.41, 5.74) is -0.0944. The van der Waals surface area contributed by atoms with Gasteiger partial charge in [-0.2, -0.15) is 4.98 Å². The number of Topliss-reactive ketones (excluding diaryl/α,β-unsaturated/α-hetero) is 1. The molecular weight excluding hydrogens is 435 g/mol. The van der Waals surface area contributed by atoms with E-state index in [9.17, 15) is 14.7 Å². The van der Waals surface area contributed by atoms with Crippen LogP contribution in [0.1, 0.15) is 76.0 Å². The van der Waals surface area contributed by atoms with E-state index in [2.05, 4.69) is 15.3 Å². The first-order valence-electron chi connectivity index (χ1n) is 12.2. The number of nitrogens with zero attached hydrogens (tertiary/aromatic N) is 2. The predicted molar refractivity (Wildman–Crippen MR) is 131 cm³/mol. The smallest absolute Gasteiger partial charge is 0.257 e. The highest BCUT2D eigenvalue weighted by molar-refractivity contribution is 5.89. The van der Waals surface area contributed by atoms with E-state index in [4.69, 9.17) is 0 Å². The number of benzene rings is 1. The van der Waals surface area contributed by atoms with Crippen molar-refractivity contribution in [3.63, 3.8) is 0 Å². The summed E-state index contributed by atoms with van der Waals surface area (Å²) in [4.78, 5) is 35.2. The first-order chi connectivity index (χ1) is 16.0. The minimum atomic E-state index is -0.961. The third kappa shape index (κ3) is 4.60. The Morgan fingerprint density at radius 3 is 2.68 bits per heavy atom. The Hall–Kier alpha value is -2.74. The molecule has 1 aromatic carbocycles. The van der Waals surface area contributed by atoms with Gasteiger partial charge in [-0.3, -0.25) is 14.6 Å². The average molecular weight is 471 g/mol. The maximum absolute atomic E-state index is 15.4. The molecular formula is C26H35FN4O3. The zero-order valence-corrected chi connectivity index (χ0v) is 20.5. The van der Waals surface area contributed by atoms with Crippen LogP contribution >= 0.6 is 0 Å². The molecule has 34 heavy (non-hydrogen) atoms. The van der Waals surface area contributed by atoms with Gasteiger partial charge in [0, 0.05) is 25.2 Å². The van der Waals surface area contributed by atoms with Crippen molar-refractivity contribution in [1.82, 2.24) is 9.97 Å². The van der Waals surface area contributed by atoms with Gasteiger partial charge in [0.05, 0.1) is 16.6 Å². The predicted octanol–water partition coefficient (Wildman–Crippen LogP) is 3.66. The Labute approximate surface area is 199 Å². The lowest BCUT2D eigenvalue weighted by Crippen LogP contribution is -2.48. The molecule has 0 amide bonds. The molecule has 1 atom stereocenters. The van der Waals surface area contributed by atoms with E-state index in [1.54, 1.807) is 19.9 Å². The number of nitrogens with one attached hydrogen (secondary N) is 2. The largest absolute Gasteiger partial charge is 0.390 e. The Kier molecular flexibility index (Phi) is 6.55. The molecule has 4 rings (SSSR count). The van der Waals surface area contributed by atoms with Crippen LogP contribution in [0.15, 0.2) is 23.0 Å². The van der Waals surface area contributed by atoms with E-state index in [0.717, 1.165) is 18.5 Å². The van der Waals surface area contributed by atoms with Crippen molar-refractivity contribution >= 4 is 17.5 Å². The van der Waals surface area contributed by atoms with E-state index in [1.165, 1.54) is 13.0 Å². The van der Waals surface area contributed by atoms with E-state index in [0.29, 0.717) is 61.7 Å². The highest BCUT2D eigenvalue weighted by atomic mass is 19.1. The van der Waals surface area contributed by atoms with Crippen molar-refractivity contribution in [2.45, 2.75) is 76.7 Å². The lowest BCUT2D eigenvalue weighted by molar-refractivity contribution is -0.123. The first-order valence-corrected chi connectivity index (χ1v) is 12.2. The lowest BCUT2D eigenvalue weighted by atomic mass is 9.66. The number of carbonyl (C=O) groups excluding carboxylic acids is 1. The SMILES string of the molecule is CC(=O)C1(c2c(F)cccc2C(C)CC(C)(C)O)CCN(c2nc3c(c(=O)[nH]2)CCCN3)CC1. The summed E-state index contributed by atoms with van der Waals surface area (Å²) in [7, 11) is 0. The van der Waals surface area contributed by atoms with Gasteiger partial charge in [0.1, 0.15) is 17.4 Å². The summed E-state index contributed by atoms with van der Waals surface area (Å²) in [6, 6.07) is 4.97. The number of H-pyrrole nitrogens is 1. The van der Waals surface area contributed by atoms with Crippen molar-refractivity contribution in [2.24, 2.45) is 0 Å². The van der Waals surface area contributed by atoms with Gasteiger partial charge in [-0.05, 0) is 70.4 Å². The zero-order chi connectivity index (χ0) is 24.7. The molecule has 2 aliphatic heterocycles. The zero-order valence-electron chi connectivity index (χ0n) is 20.5. The van der Waals surface area contributed by atoms with Crippen LogP contribution in [0.2, 0.25) is 0 Å². The standard InChI is InChI=1S/C26H35FN4O3/c1-16(15-25(3,4)34)18-7-5-9-20(27)21(18)26(17(2)32)10-13-31(14-11-26)24-29-22-19(23(33)30-24)8-6-12-28-22/h5,7,9,16,34H,6,8,10-15H2,1-4H3,(H2,28,29,30,33). The molecule has 0 aliphatic carbocycles. The van der Waals surface area contributed by atoms with Gasteiger partial charge in [0.15, 0.2) is 0 Å². The fourth-order valence-electron chi connectivity index (χ4n) is 5.68. The number of halogens is 1. The molecule has 3 N–H and O–H groups in total. The molecule has 1 unspecified atom stereocenters. The van der Waals surface area contributed by atoms with Gasteiger partial charge >= 0.3 is 0 Å². The number of piperidine rings is 1. The van der Waals surface area contributed by atoms with Crippen LogP contribution < -0.4 is 15.8 Å². The minimum absolute atomic E-state index is 0.0671. The van der Waals surface area contributed by atoms with Crippen molar-refractivity contribution in [1.29, 1.82) is 0 Å². The maximum Gasteiger partial charge on any atom is 0.257 e. The topological polar surface area (TPSA) is 98.3 Å². The van der Waals surface area contributed by atoms with Gasteiger partial charge in [0.2, 0.25) is 5.95 Å². The normalized spacial score (nSPS) is 18.7. The molecule has 1 fully saturated rings. The molecule has 3 heterocycles. The van der Waals surface area contributed by atoms with E-state index < -0.39 is 11.0 Å². The van der Waals surface area contributed by atoms with Gasteiger partial charge in [0.25, 0.3) is 5.56 Å². The molecule has 2 aromatic rings. The number of hydrogen-bond donors (Lipinski definition) is 3. The second kappa shape index (κ2) is 9.13. The van der Waals surface area contributed by atoms with E-state index in [-0.39, 0.29) is 23.1 Å². The van der Waals surface area contributed by atoms with Crippen molar-refractivity contribution in [3.8, 4) is 0 Å². The number of ketones is 1. The summed E-state index contributed by atoms with van der Waals surface area (Å²) >= 11 is 0. The summed E-state index contributed by atoms with van der Waals surface area (Å²) in [6.07, 6.45) is 2.90. The van der Waals surface area contributed by atoms with Crippen LogP contribution in [0.3, 0.4) is 0 Å². The first kappa shape index (κ1) is 24.4. The molecule has 0 bridgehead atoms. The van der Waals surface area contributed by atoms with Crippen LogP contribution in [0.4, 0.5) is 16.2 Å². The summed E-state index contributed by atoms with van der Waals surface area (Å²) in [5.74, 6) is 0.546. The van der Waals surface area contributed by atoms with Gasteiger partial charge in [-0.25, -0.2) is 4.39 Å².